The van der Waals surface area contributed by atoms with Crippen LogP contribution in [0.3, 0.4) is 0 Å². The highest BCUT2D eigenvalue weighted by atomic mass is 19.4. The molecule has 2 rings (SSSR count). The van der Waals surface area contributed by atoms with E-state index in [0.717, 1.165) is 38.1 Å². The van der Waals surface area contributed by atoms with Crippen molar-refractivity contribution in [1.29, 1.82) is 0 Å². The van der Waals surface area contributed by atoms with E-state index in [1.54, 1.807) is 7.05 Å². The first kappa shape index (κ1) is 15.9. The van der Waals surface area contributed by atoms with Gasteiger partial charge in [-0.1, -0.05) is 0 Å². The Morgan fingerprint density at radius 2 is 1.86 bits per heavy atom. The van der Waals surface area contributed by atoms with Gasteiger partial charge in [-0.2, -0.15) is 13.2 Å². The average Bonchev–Trinajstić information content (AvgIpc) is 2.45. The highest BCUT2D eigenvalue weighted by Gasteiger charge is 2.31. The molecule has 0 bridgehead atoms. The molecule has 0 spiro atoms. The van der Waals surface area contributed by atoms with Crippen LogP contribution in [-0.4, -0.2) is 43.6 Å². The van der Waals surface area contributed by atoms with Crippen molar-refractivity contribution >= 4 is 11.6 Å². The number of anilines is 2. The smallest absolute Gasteiger partial charge is 0.373 e. The van der Waals surface area contributed by atoms with E-state index in [0.29, 0.717) is 12.5 Å². The van der Waals surface area contributed by atoms with E-state index in [-0.39, 0.29) is 11.6 Å². The lowest BCUT2D eigenvalue weighted by Crippen LogP contribution is -2.33. The summed E-state index contributed by atoms with van der Waals surface area (Å²) in [4.78, 5) is 6.39. The maximum absolute atomic E-state index is 12.8. The van der Waals surface area contributed by atoms with Gasteiger partial charge in [0, 0.05) is 13.6 Å². The quantitative estimate of drug-likeness (QED) is 0.897. The van der Waals surface area contributed by atoms with Crippen molar-refractivity contribution < 1.29 is 13.2 Å². The lowest BCUT2D eigenvalue weighted by Gasteiger charge is -2.29. The minimum Gasteiger partial charge on any atom is -0.373 e. The van der Waals surface area contributed by atoms with Crippen molar-refractivity contribution in [2.24, 2.45) is 5.92 Å². The zero-order valence-electron chi connectivity index (χ0n) is 12.3. The molecule has 1 aliphatic rings. The Morgan fingerprint density at radius 3 is 2.43 bits per heavy atom. The van der Waals surface area contributed by atoms with Gasteiger partial charge in [0.15, 0.2) is 0 Å². The van der Waals surface area contributed by atoms with Crippen molar-refractivity contribution in [1.82, 2.24) is 9.88 Å². The van der Waals surface area contributed by atoms with Crippen LogP contribution in [0.4, 0.5) is 24.8 Å². The lowest BCUT2D eigenvalue weighted by molar-refractivity contribution is -0.137. The molecule has 1 fully saturated rings. The van der Waals surface area contributed by atoms with Crippen LogP contribution >= 0.6 is 0 Å². The SMILES string of the molecule is CNc1cc(C(F)(F)F)cc(NCC2CCN(C)CC2)n1. The van der Waals surface area contributed by atoms with Crippen LogP contribution < -0.4 is 10.6 Å². The molecule has 0 unspecified atom stereocenters. The molecule has 2 heterocycles. The molecule has 0 amide bonds. The van der Waals surface area contributed by atoms with Gasteiger partial charge < -0.3 is 15.5 Å². The monoisotopic (exact) mass is 302 g/mol. The normalized spacial score (nSPS) is 17.8. The van der Waals surface area contributed by atoms with Crippen molar-refractivity contribution in [3.8, 4) is 0 Å². The zero-order valence-corrected chi connectivity index (χ0v) is 12.3. The summed E-state index contributed by atoms with van der Waals surface area (Å²) >= 11 is 0. The summed E-state index contributed by atoms with van der Waals surface area (Å²) in [5, 5.41) is 5.71. The van der Waals surface area contributed by atoms with E-state index in [4.69, 9.17) is 0 Å². The molecular weight excluding hydrogens is 281 g/mol. The van der Waals surface area contributed by atoms with Gasteiger partial charge in [0.25, 0.3) is 0 Å². The molecule has 21 heavy (non-hydrogen) atoms. The van der Waals surface area contributed by atoms with Gasteiger partial charge in [0.2, 0.25) is 0 Å². The topological polar surface area (TPSA) is 40.2 Å². The largest absolute Gasteiger partial charge is 0.416 e. The summed E-state index contributed by atoms with van der Waals surface area (Å²) in [5.41, 5.74) is -0.687. The third-order valence-electron chi connectivity index (χ3n) is 3.82. The minimum absolute atomic E-state index is 0.218. The zero-order chi connectivity index (χ0) is 15.5. The van der Waals surface area contributed by atoms with Crippen LogP contribution in [0.15, 0.2) is 12.1 Å². The Balaban J connectivity index is 2.02. The third-order valence-corrected chi connectivity index (χ3v) is 3.82. The fourth-order valence-corrected chi connectivity index (χ4v) is 2.43. The second-order valence-corrected chi connectivity index (χ2v) is 5.50. The molecule has 1 aromatic rings. The number of hydrogen-bond donors (Lipinski definition) is 2. The van der Waals surface area contributed by atoms with Gasteiger partial charge in [-0.15, -0.1) is 0 Å². The van der Waals surface area contributed by atoms with Gasteiger partial charge in [-0.25, -0.2) is 4.98 Å². The number of likely N-dealkylation sites (tertiary alicyclic amines) is 1. The maximum atomic E-state index is 12.8. The van der Waals surface area contributed by atoms with Crippen LogP contribution in [0, 0.1) is 5.92 Å². The maximum Gasteiger partial charge on any atom is 0.416 e. The fraction of sp³-hybridized carbons (Fsp3) is 0.643. The van der Waals surface area contributed by atoms with E-state index < -0.39 is 11.7 Å². The summed E-state index contributed by atoms with van der Waals surface area (Å²) in [5.74, 6) is 0.972. The Labute approximate surface area is 122 Å². The Bertz CT molecular complexity index is 468. The van der Waals surface area contributed by atoms with Crippen LogP contribution in [0.1, 0.15) is 18.4 Å². The van der Waals surface area contributed by atoms with Gasteiger partial charge in [0.05, 0.1) is 5.56 Å². The molecule has 0 atom stereocenters. The van der Waals surface area contributed by atoms with Crippen LogP contribution in [0.5, 0.6) is 0 Å². The third kappa shape index (κ3) is 4.49. The van der Waals surface area contributed by atoms with Crippen molar-refractivity contribution in [2.75, 3.05) is 44.4 Å². The van der Waals surface area contributed by atoms with Crippen LogP contribution in [0.25, 0.3) is 0 Å². The van der Waals surface area contributed by atoms with E-state index in [2.05, 4.69) is 27.6 Å². The van der Waals surface area contributed by atoms with Crippen LogP contribution in [0.2, 0.25) is 0 Å². The second-order valence-electron chi connectivity index (χ2n) is 5.50. The van der Waals surface area contributed by atoms with E-state index in [1.165, 1.54) is 0 Å². The van der Waals surface area contributed by atoms with Crippen molar-refractivity contribution in [3.63, 3.8) is 0 Å². The van der Waals surface area contributed by atoms with Gasteiger partial charge in [0.1, 0.15) is 11.6 Å². The molecule has 118 valence electrons. The number of rotatable bonds is 4. The Hall–Kier alpha value is -1.50. The summed E-state index contributed by atoms with van der Waals surface area (Å²) in [7, 11) is 3.64. The number of halogens is 3. The number of alkyl halides is 3. The van der Waals surface area contributed by atoms with E-state index in [9.17, 15) is 13.2 Å². The van der Waals surface area contributed by atoms with E-state index in [1.807, 2.05) is 0 Å². The number of nitrogens with zero attached hydrogens (tertiary/aromatic N) is 2. The highest BCUT2D eigenvalue weighted by molar-refractivity contribution is 5.49. The molecular formula is C14H21F3N4. The average molecular weight is 302 g/mol. The molecule has 0 saturated carbocycles. The molecule has 4 nitrogen and oxygen atoms in total. The number of pyridine rings is 1. The molecule has 7 heteroatoms. The first-order chi connectivity index (χ1) is 9.88. The molecule has 1 aliphatic heterocycles. The predicted octanol–water partition coefficient (Wildman–Crippen LogP) is 2.90. The summed E-state index contributed by atoms with van der Waals surface area (Å²) < 4.78 is 38.5. The minimum atomic E-state index is -4.36. The summed E-state index contributed by atoms with van der Waals surface area (Å²) in [6.45, 7) is 2.72. The number of nitrogens with one attached hydrogen (secondary N) is 2. The molecule has 1 saturated heterocycles. The number of piperidine rings is 1. The molecule has 2 N–H and O–H groups in total. The molecule has 0 radical (unpaired) electrons. The molecule has 1 aromatic heterocycles. The second kappa shape index (κ2) is 6.51. The summed E-state index contributed by atoms with van der Waals surface area (Å²) in [6, 6.07) is 2.08. The predicted molar refractivity (Wildman–Crippen MR) is 77.5 cm³/mol. The fourth-order valence-electron chi connectivity index (χ4n) is 2.43. The van der Waals surface area contributed by atoms with Crippen molar-refractivity contribution in [2.45, 2.75) is 19.0 Å². The Morgan fingerprint density at radius 1 is 1.24 bits per heavy atom. The first-order valence-corrected chi connectivity index (χ1v) is 7.08. The lowest BCUT2D eigenvalue weighted by atomic mass is 9.97. The highest BCUT2D eigenvalue weighted by Crippen LogP contribution is 2.32. The number of hydrogen-bond acceptors (Lipinski definition) is 4. The van der Waals surface area contributed by atoms with Gasteiger partial charge in [-0.05, 0) is 51.0 Å². The number of aromatic nitrogens is 1. The molecule has 0 aromatic carbocycles. The standard InChI is InChI=1S/C14H21F3N4/c1-18-12-7-11(14(15,16)17)8-13(20-12)19-9-10-3-5-21(2)6-4-10/h7-8,10H,3-6,9H2,1-2H3,(H2,18,19,20). The molecule has 0 aliphatic carbocycles. The van der Waals surface area contributed by atoms with Gasteiger partial charge >= 0.3 is 6.18 Å². The van der Waals surface area contributed by atoms with Crippen molar-refractivity contribution in [3.05, 3.63) is 17.7 Å². The summed E-state index contributed by atoms with van der Waals surface area (Å²) in [6.07, 6.45) is -2.25. The van der Waals surface area contributed by atoms with Crippen LogP contribution in [-0.2, 0) is 6.18 Å². The Kier molecular flexibility index (Phi) is 4.92. The first-order valence-electron chi connectivity index (χ1n) is 7.08. The van der Waals surface area contributed by atoms with E-state index >= 15 is 0 Å². The van der Waals surface area contributed by atoms with Gasteiger partial charge in [-0.3, -0.25) is 0 Å².